The predicted octanol–water partition coefficient (Wildman–Crippen LogP) is 1.90. The molecule has 2 aromatic rings. The van der Waals surface area contributed by atoms with Crippen molar-refractivity contribution in [3.63, 3.8) is 0 Å². The largest absolute Gasteiger partial charge is 0.395 e. The molecule has 4 rings (SSSR count). The summed E-state index contributed by atoms with van der Waals surface area (Å²) in [6.45, 7) is 8.65. The van der Waals surface area contributed by atoms with E-state index in [1.807, 2.05) is 18.7 Å². The van der Waals surface area contributed by atoms with Crippen molar-refractivity contribution in [2.45, 2.75) is 52.4 Å². The molecule has 0 unspecified atom stereocenters. The van der Waals surface area contributed by atoms with Crippen molar-refractivity contribution >= 4 is 34.6 Å². The second kappa shape index (κ2) is 13.1. The van der Waals surface area contributed by atoms with Crippen molar-refractivity contribution in [1.82, 2.24) is 19.9 Å². The van der Waals surface area contributed by atoms with Crippen molar-refractivity contribution in [1.29, 1.82) is 0 Å². The van der Waals surface area contributed by atoms with Crippen LogP contribution in [0.25, 0.3) is 11.0 Å². The summed E-state index contributed by atoms with van der Waals surface area (Å²) in [7, 11) is 0. The Bertz CT molecular complexity index is 880. The molecule has 2 fully saturated rings. The lowest BCUT2D eigenvalue weighted by Gasteiger charge is -2.32. The molecule has 2 saturated heterocycles. The molecule has 2 N–H and O–H groups in total. The molecule has 0 radical (unpaired) electrons. The van der Waals surface area contributed by atoms with Gasteiger partial charge in [0.25, 0.3) is 5.95 Å². The first-order chi connectivity index (χ1) is 17.7. The van der Waals surface area contributed by atoms with Crippen LogP contribution in [0, 0.1) is 0 Å². The van der Waals surface area contributed by atoms with Gasteiger partial charge in [0.05, 0.1) is 26.4 Å². The summed E-state index contributed by atoms with van der Waals surface area (Å²) in [5, 5.41) is 20.6. The molecule has 12 heteroatoms. The third-order valence-electron chi connectivity index (χ3n) is 6.47. The van der Waals surface area contributed by atoms with Gasteiger partial charge in [0.15, 0.2) is 11.6 Å². The molecule has 2 aliphatic rings. The minimum atomic E-state index is -0.0630. The molecule has 4 heterocycles. The Balaban J connectivity index is 1.94. The van der Waals surface area contributed by atoms with Crippen LogP contribution in [0.15, 0.2) is 0 Å². The summed E-state index contributed by atoms with van der Waals surface area (Å²) < 4.78 is 0. The summed E-state index contributed by atoms with van der Waals surface area (Å²) >= 11 is 0. The van der Waals surface area contributed by atoms with Crippen LogP contribution in [0.2, 0.25) is 0 Å². The number of nitrogens with zero attached hydrogens (tertiary/aromatic N) is 8. The Morgan fingerprint density at radius 1 is 0.667 bits per heavy atom. The van der Waals surface area contributed by atoms with Crippen molar-refractivity contribution in [3.05, 3.63) is 0 Å². The summed E-state index contributed by atoms with van der Waals surface area (Å²) in [6, 6.07) is 0. The Morgan fingerprint density at radius 3 is 1.56 bits per heavy atom. The van der Waals surface area contributed by atoms with Crippen LogP contribution in [-0.2, 0) is 9.68 Å². The van der Waals surface area contributed by atoms with Gasteiger partial charge in [0.1, 0.15) is 11.0 Å². The van der Waals surface area contributed by atoms with Gasteiger partial charge in [-0.25, -0.2) is 19.6 Å². The van der Waals surface area contributed by atoms with Crippen molar-refractivity contribution in [3.8, 4) is 0 Å². The fourth-order valence-electron chi connectivity index (χ4n) is 4.78. The molecule has 2 aliphatic heterocycles. The first-order valence-corrected chi connectivity index (χ1v) is 13.3. The maximum absolute atomic E-state index is 9.66. The van der Waals surface area contributed by atoms with Gasteiger partial charge < -0.3 is 24.9 Å². The number of rotatable bonds is 12. The number of anilines is 4. The Hall–Kier alpha value is -2.54. The van der Waals surface area contributed by atoms with Gasteiger partial charge in [-0.15, -0.1) is 0 Å². The van der Waals surface area contributed by atoms with Crippen LogP contribution in [0.3, 0.4) is 0 Å². The predicted molar refractivity (Wildman–Crippen MR) is 139 cm³/mol. The molecule has 0 aliphatic carbocycles. The molecular weight excluding hydrogens is 464 g/mol. The quantitative estimate of drug-likeness (QED) is 0.410. The fourth-order valence-corrected chi connectivity index (χ4v) is 4.78. The lowest BCUT2D eigenvalue weighted by atomic mass is 10.1. The van der Waals surface area contributed by atoms with Gasteiger partial charge in [0, 0.05) is 39.3 Å². The minimum Gasteiger partial charge on any atom is -0.395 e. The van der Waals surface area contributed by atoms with Gasteiger partial charge >= 0.3 is 0 Å². The molecule has 0 spiro atoms. The van der Waals surface area contributed by atoms with Crippen LogP contribution in [0.5, 0.6) is 0 Å². The van der Waals surface area contributed by atoms with Gasteiger partial charge in [-0.1, -0.05) is 5.23 Å². The third-order valence-corrected chi connectivity index (χ3v) is 6.47. The van der Waals surface area contributed by atoms with Crippen LogP contribution >= 0.6 is 0 Å². The average molecular weight is 505 g/mol. The van der Waals surface area contributed by atoms with E-state index in [2.05, 4.69) is 9.80 Å². The lowest BCUT2D eigenvalue weighted by molar-refractivity contribution is -0.0849. The molecule has 12 nitrogen and oxygen atoms in total. The number of hydrogen-bond acceptors (Lipinski definition) is 12. The Labute approximate surface area is 212 Å². The van der Waals surface area contributed by atoms with E-state index in [9.17, 15) is 10.2 Å². The van der Waals surface area contributed by atoms with E-state index in [4.69, 9.17) is 29.6 Å². The first kappa shape index (κ1) is 26.5. The highest BCUT2D eigenvalue weighted by Crippen LogP contribution is 2.34. The monoisotopic (exact) mass is 504 g/mol. The summed E-state index contributed by atoms with van der Waals surface area (Å²) in [4.78, 5) is 37.5. The number of hydrogen-bond donors (Lipinski definition) is 2. The highest BCUT2D eigenvalue weighted by molar-refractivity contribution is 5.95. The van der Waals surface area contributed by atoms with E-state index >= 15 is 0 Å². The Morgan fingerprint density at radius 2 is 1.11 bits per heavy atom. The molecule has 36 heavy (non-hydrogen) atoms. The molecule has 200 valence electrons. The zero-order chi connectivity index (χ0) is 25.3. The van der Waals surface area contributed by atoms with E-state index in [1.54, 1.807) is 0 Å². The van der Waals surface area contributed by atoms with Gasteiger partial charge in [-0.2, -0.15) is 9.97 Å². The highest BCUT2D eigenvalue weighted by atomic mass is 16.9. The maximum atomic E-state index is 9.66. The highest BCUT2D eigenvalue weighted by Gasteiger charge is 2.27. The first-order valence-electron chi connectivity index (χ1n) is 13.3. The van der Waals surface area contributed by atoms with Crippen LogP contribution in [0.4, 0.5) is 23.5 Å². The number of fused-ring (bicyclic) bond motifs is 1. The second-order valence-corrected chi connectivity index (χ2v) is 9.01. The SMILES string of the molecule is CCON(OCC)c1nc(N2CCCCC2)c2nc(N(CCO)CCO)nc(N3CCCCC3)c2n1. The van der Waals surface area contributed by atoms with E-state index < -0.39 is 0 Å². The smallest absolute Gasteiger partial charge is 0.280 e. The third kappa shape index (κ3) is 6.05. The standard InChI is InChI=1S/C24H40N8O4/c1-3-35-32(36-4-2)24-26-20-19(22(28-24)30-13-9-6-10-14-30)25-23(31(15-17-33)16-18-34)27-21(20)29-11-7-5-8-12-29/h33-34H,3-18H2,1-2H3. The van der Waals surface area contributed by atoms with E-state index in [1.165, 1.54) is 18.1 Å². The lowest BCUT2D eigenvalue weighted by Crippen LogP contribution is -2.35. The van der Waals surface area contributed by atoms with Crippen molar-refractivity contribution in [2.75, 3.05) is 85.6 Å². The molecule has 0 bridgehead atoms. The molecule has 0 amide bonds. The normalized spacial score (nSPS) is 16.6. The number of aromatic nitrogens is 4. The zero-order valence-electron chi connectivity index (χ0n) is 21.6. The van der Waals surface area contributed by atoms with E-state index in [0.717, 1.165) is 63.5 Å². The van der Waals surface area contributed by atoms with Crippen LogP contribution < -0.4 is 19.9 Å². The molecular formula is C24H40N8O4. The average Bonchev–Trinajstić information content (AvgIpc) is 2.92. The number of aliphatic hydroxyl groups excluding tert-OH is 2. The summed E-state index contributed by atoms with van der Waals surface area (Å²) in [6.07, 6.45) is 6.71. The second-order valence-electron chi connectivity index (χ2n) is 9.01. The van der Waals surface area contributed by atoms with Crippen molar-refractivity contribution < 1.29 is 19.9 Å². The zero-order valence-corrected chi connectivity index (χ0v) is 21.6. The summed E-state index contributed by atoms with van der Waals surface area (Å²) in [5.41, 5.74) is 1.32. The van der Waals surface area contributed by atoms with Gasteiger partial charge in [0.2, 0.25) is 5.95 Å². The van der Waals surface area contributed by atoms with E-state index in [0.29, 0.717) is 49.2 Å². The number of piperidine rings is 2. The molecule has 0 atom stereocenters. The number of aliphatic hydroxyl groups is 2. The van der Waals surface area contributed by atoms with Gasteiger partial charge in [-0.05, 0) is 52.4 Å². The molecule has 0 aromatic carbocycles. The minimum absolute atomic E-state index is 0.0630. The molecule has 0 saturated carbocycles. The summed E-state index contributed by atoms with van der Waals surface area (Å²) in [5.74, 6) is 2.26. The maximum Gasteiger partial charge on any atom is 0.280 e. The van der Waals surface area contributed by atoms with Crippen LogP contribution in [-0.4, -0.2) is 95.8 Å². The topological polar surface area (TPSA) is 123 Å². The van der Waals surface area contributed by atoms with Gasteiger partial charge in [-0.3, -0.25) is 0 Å². The fraction of sp³-hybridized carbons (Fsp3) is 0.750. The van der Waals surface area contributed by atoms with Crippen LogP contribution in [0.1, 0.15) is 52.4 Å². The van der Waals surface area contributed by atoms with Crippen molar-refractivity contribution in [2.24, 2.45) is 0 Å². The van der Waals surface area contributed by atoms with E-state index in [-0.39, 0.29) is 13.2 Å². The Kier molecular flexibility index (Phi) is 9.67. The molecule has 2 aromatic heterocycles.